The second-order valence-electron chi connectivity index (χ2n) is 7.31. The Labute approximate surface area is 170 Å². The zero-order valence-corrected chi connectivity index (χ0v) is 16.7. The van der Waals surface area contributed by atoms with Crippen molar-refractivity contribution in [2.75, 3.05) is 36.4 Å². The number of aromatic nitrogens is 3. The molecular weight excluding hydrogens is 364 g/mol. The summed E-state index contributed by atoms with van der Waals surface area (Å²) >= 11 is 0. The van der Waals surface area contributed by atoms with Gasteiger partial charge in [-0.05, 0) is 38.3 Å². The largest absolute Gasteiger partial charge is 0.356 e. The predicted molar refractivity (Wildman–Crippen MR) is 115 cm³/mol. The lowest BCUT2D eigenvalue weighted by Crippen LogP contribution is -2.31. The number of hydrogen-bond acceptors (Lipinski definition) is 6. The van der Waals surface area contributed by atoms with E-state index in [1.165, 1.54) is 19.3 Å². The molecule has 1 aromatic carbocycles. The van der Waals surface area contributed by atoms with Crippen molar-refractivity contribution in [1.82, 2.24) is 20.3 Å². The van der Waals surface area contributed by atoms with Gasteiger partial charge in [-0.15, -0.1) is 0 Å². The lowest BCUT2D eigenvalue weighted by molar-refractivity contribution is 0.0950. The molecule has 1 saturated heterocycles. The molecule has 1 aliphatic rings. The Morgan fingerprint density at radius 2 is 1.83 bits per heavy atom. The van der Waals surface area contributed by atoms with Crippen molar-refractivity contribution in [1.29, 1.82) is 0 Å². The lowest BCUT2D eigenvalue weighted by atomic mass is 10.1. The van der Waals surface area contributed by atoms with E-state index in [4.69, 9.17) is 0 Å². The number of carbonyl (C=O) groups excluding carboxylic acids is 1. The minimum atomic E-state index is -0.184. The second-order valence-corrected chi connectivity index (χ2v) is 7.31. The number of carbonyl (C=O) groups is 1. The van der Waals surface area contributed by atoms with Crippen LogP contribution in [0.5, 0.6) is 0 Å². The molecule has 7 nitrogen and oxygen atoms in total. The van der Waals surface area contributed by atoms with E-state index in [1.807, 2.05) is 43.3 Å². The number of aryl methyl sites for hydroxylation is 1. The van der Waals surface area contributed by atoms with Gasteiger partial charge in [-0.25, -0.2) is 9.97 Å². The maximum absolute atomic E-state index is 12.4. The van der Waals surface area contributed by atoms with Crippen molar-refractivity contribution in [2.24, 2.45) is 0 Å². The molecule has 0 saturated carbocycles. The van der Waals surface area contributed by atoms with Crippen molar-refractivity contribution < 1.29 is 4.79 Å². The summed E-state index contributed by atoms with van der Waals surface area (Å²) in [5, 5.41) is 7.13. The molecule has 2 aromatic heterocycles. The number of anilines is 2. The molecule has 0 aliphatic carbocycles. The molecule has 1 amide bonds. The monoisotopic (exact) mass is 390 g/mol. The molecule has 29 heavy (non-hydrogen) atoms. The van der Waals surface area contributed by atoms with Crippen LogP contribution in [0.4, 0.5) is 11.8 Å². The van der Waals surface area contributed by atoms with Gasteiger partial charge in [-0.1, -0.05) is 24.3 Å². The maximum Gasteiger partial charge on any atom is 0.269 e. The van der Waals surface area contributed by atoms with Crippen molar-refractivity contribution >= 4 is 28.6 Å². The van der Waals surface area contributed by atoms with Gasteiger partial charge in [0.15, 0.2) is 0 Å². The number of nitrogens with one attached hydrogen (secondary N) is 2. The zero-order valence-electron chi connectivity index (χ0n) is 16.7. The SMILES string of the molecule is Cc1cc(N2CCCCC2)nc(NCCNC(=O)c2ccc3ccccc3n2)n1. The second kappa shape index (κ2) is 8.86. The van der Waals surface area contributed by atoms with Gasteiger partial charge in [0.1, 0.15) is 11.5 Å². The van der Waals surface area contributed by atoms with Crippen LogP contribution in [0.2, 0.25) is 0 Å². The molecule has 2 N–H and O–H groups in total. The first kappa shape index (κ1) is 19.1. The first-order valence-corrected chi connectivity index (χ1v) is 10.2. The maximum atomic E-state index is 12.4. The predicted octanol–water partition coefficient (Wildman–Crippen LogP) is 3.17. The summed E-state index contributed by atoms with van der Waals surface area (Å²) in [6, 6.07) is 13.5. The lowest BCUT2D eigenvalue weighted by Gasteiger charge is -2.28. The van der Waals surface area contributed by atoms with Crippen LogP contribution in [0, 0.1) is 6.92 Å². The van der Waals surface area contributed by atoms with Crippen LogP contribution in [0.25, 0.3) is 10.9 Å². The van der Waals surface area contributed by atoms with Crippen LogP contribution in [0.3, 0.4) is 0 Å². The third-order valence-corrected chi connectivity index (χ3v) is 5.05. The average molecular weight is 390 g/mol. The van der Waals surface area contributed by atoms with E-state index in [1.54, 1.807) is 6.07 Å². The first-order chi connectivity index (χ1) is 14.2. The molecule has 0 spiro atoms. The first-order valence-electron chi connectivity index (χ1n) is 10.2. The number of piperidine rings is 1. The van der Waals surface area contributed by atoms with E-state index in [2.05, 4.69) is 30.5 Å². The summed E-state index contributed by atoms with van der Waals surface area (Å²) in [5.41, 5.74) is 2.17. The molecule has 0 unspecified atom stereocenters. The van der Waals surface area contributed by atoms with Gasteiger partial charge in [-0.2, -0.15) is 4.98 Å². The van der Waals surface area contributed by atoms with E-state index < -0.39 is 0 Å². The summed E-state index contributed by atoms with van der Waals surface area (Å²) in [6.45, 7) is 5.08. The number of pyridine rings is 1. The molecule has 1 aliphatic heterocycles. The number of amides is 1. The fourth-order valence-corrected chi connectivity index (χ4v) is 3.55. The van der Waals surface area contributed by atoms with E-state index >= 15 is 0 Å². The van der Waals surface area contributed by atoms with Crippen LogP contribution in [-0.2, 0) is 0 Å². The fraction of sp³-hybridized carbons (Fsp3) is 0.364. The van der Waals surface area contributed by atoms with Crippen LogP contribution in [0.1, 0.15) is 35.4 Å². The average Bonchev–Trinajstić information content (AvgIpc) is 2.76. The zero-order chi connectivity index (χ0) is 20.1. The Balaban J connectivity index is 1.31. The standard InChI is InChI=1S/C22H26N6O/c1-16-15-20(28-13-5-2-6-14-28)27-22(25-16)24-12-11-23-21(29)19-10-9-17-7-3-4-8-18(17)26-19/h3-4,7-10,15H,2,5-6,11-14H2,1H3,(H,23,29)(H,24,25,27). The summed E-state index contributed by atoms with van der Waals surface area (Å²) in [6.07, 6.45) is 3.71. The van der Waals surface area contributed by atoms with E-state index in [9.17, 15) is 4.79 Å². The van der Waals surface area contributed by atoms with Crippen LogP contribution >= 0.6 is 0 Å². The summed E-state index contributed by atoms with van der Waals surface area (Å²) in [5.74, 6) is 1.39. The van der Waals surface area contributed by atoms with E-state index in [-0.39, 0.29) is 5.91 Å². The van der Waals surface area contributed by atoms with Crippen molar-refractivity contribution in [3.63, 3.8) is 0 Å². The van der Waals surface area contributed by atoms with Gasteiger partial charge < -0.3 is 15.5 Å². The minimum Gasteiger partial charge on any atom is -0.356 e. The fourth-order valence-electron chi connectivity index (χ4n) is 3.55. The van der Waals surface area contributed by atoms with Crippen molar-refractivity contribution in [3.05, 3.63) is 53.9 Å². The molecule has 0 radical (unpaired) electrons. The van der Waals surface area contributed by atoms with Crippen LogP contribution < -0.4 is 15.5 Å². The molecule has 150 valence electrons. The molecule has 7 heteroatoms. The van der Waals surface area contributed by atoms with Gasteiger partial charge >= 0.3 is 0 Å². The Morgan fingerprint density at radius 1 is 1.00 bits per heavy atom. The normalized spacial score (nSPS) is 14.0. The molecule has 3 aromatic rings. The number of fused-ring (bicyclic) bond motifs is 1. The van der Waals surface area contributed by atoms with Crippen molar-refractivity contribution in [3.8, 4) is 0 Å². The molecule has 0 bridgehead atoms. The van der Waals surface area contributed by atoms with Gasteiger partial charge in [0.25, 0.3) is 5.91 Å². The third kappa shape index (κ3) is 4.80. The molecular formula is C22H26N6O. The highest BCUT2D eigenvalue weighted by molar-refractivity contribution is 5.94. The summed E-state index contributed by atoms with van der Waals surface area (Å²) in [4.78, 5) is 28.2. The number of hydrogen-bond donors (Lipinski definition) is 2. The van der Waals surface area contributed by atoms with Gasteiger partial charge in [-0.3, -0.25) is 4.79 Å². The number of rotatable bonds is 6. The Morgan fingerprint density at radius 3 is 2.69 bits per heavy atom. The molecule has 4 rings (SSSR count). The van der Waals surface area contributed by atoms with E-state index in [0.717, 1.165) is 35.5 Å². The summed E-state index contributed by atoms with van der Waals surface area (Å²) in [7, 11) is 0. The molecule has 3 heterocycles. The minimum absolute atomic E-state index is 0.184. The quantitative estimate of drug-likeness (QED) is 0.629. The number of benzene rings is 1. The highest BCUT2D eigenvalue weighted by Gasteiger charge is 2.14. The van der Waals surface area contributed by atoms with Crippen LogP contribution in [-0.4, -0.2) is 47.0 Å². The highest BCUT2D eigenvalue weighted by Crippen LogP contribution is 2.19. The topological polar surface area (TPSA) is 83.0 Å². The Kier molecular flexibility index (Phi) is 5.84. The Hall–Kier alpha value is -3.22. The van der Waals surface area contributed by atoms with Gasteiger partial charge in [0.2, 0.25) is 5.95 Å². The smallest absolute Gasteiger partial charge is 0.269 e. The third-order valence-electron chi connectivity index (χ3n) is 5.05. The highest BCUT2D eigenvalue weighted by atomic mass is 16.1. The molecule has 0 atom stereocenters. The van der Waals surface area contributed by atoms with Crippen LogP contribution in [0.15, 0.2) is 42.5 Å². The van der Waals surface area contributed by atoms with Gasteiger partial charge in [0.05, 0.1) is 5.52 Å². The number of nitrogens with zero attached hydrogens (tertiary/aromatic N) is 4. The Bertz CT molecular complexity index is 1000. The number of para-hydroxylation sites is 1. The molecule has 1 fully saturated rings. The van der Waals surface area contributed by atoms with E-state index in [0.29, 0.717) is 24.7 Å². The summed E-state index contributed by atoms with van der Waals surface area (Å²) < 4.78 is 0. The van der Waals surface area contributed by atoms with Crippen molar-refractivity contribution in [2.45, 2.75) is 26.2 Å². The van der Waals surface area contributed by atoms with Gasteiger partial charge in [0, 0.05) is 43.3 Å².